The Morgan fingerprint density at radius 2 is 1.43 bits per heavy atom. The summed E-state index contributed by atoms with van der Waals surface area (Å²) in [7, 11) is 0. The second-order valence-corrected chi connectivity index (χ2v) is 5.82. The first-order chi connectivity index (χ1) is 11.3. The van der Waals surface area contributed by atoms with Gasteiger partial charge >= 0.3 is 0 Å². The summed E-state index contributed by atoms with van der Waals surface area (Å²) in [6.45, 7) is 11.4. The number of rotatable bonds is 14. The van der Waals surface area contributed by atoms with Gasteiger partial charge in [-0.25, -0.2) is 0 Å². The molecule has 0 bridgehead atoms. The SMILES string of the molecule is CCCCOCCNc1ccc(NCCOCCCC)c(C)c1. The minimum Gasteiger partial charge on any atom is -0.383 e. The summed E-state index contributed by atoms with van der Waals surface area (Å²) in [5.74, 6) is 0. The van der Waals surface area contributed by atoms with E-state index < -0.39 is 0 Å². The van der Waals surface area contributed by atoms with Gasteiger partial charge < -0.3 is 20.1 Å². The first-order valence-corrected chi connectivity index (χ1v) is 9.01. The Hall–Kier alpha value is -1.26. The highest BCUT2D eigenvalue weighted by Crippen LogP contribution is 2.19. The van der Waals surface area contributed by atoms with E-state index in [9.17, 15) is 0 Å². The summed E-state index contributed by atoms with van der Waals surface area (Å²) in [5.41, 5.74) is 3.57. The van der Waals surface area contributed by atoms with Crippen molar-refractivity contribution in [3.63, 3.8) is 0 Å². The fraction of sp³-hybridized carbons (Fsp3) is 0.684. The van der Waals surface area contributed by atoms with E-state index in [2.05, 4.69) is 49.6 Å². The molecule has 1 rings (SSSR count). The molecule has 132 valence electrons. The molecule has 0 radical (unpaired) electrons. The number of hydrogen-bond acceptors (Lipinski definition) is 4. The predicted octanol–water partition coefficient (Wildman–Crippen LogP) is 4.45. The van der Waals surface area contributed by atoms with Crippen LogP contribution in [0.4, 0.5) is 11.4 Å². The zero-order valence-electron chi connectivity index (χ0n) is 15.1. The lowest BCUT2D eigenvalue weighted by Gasteiger charge is -2.13. The molecule has 0 fully saturated rings. The molecule has 0 amide bonds. The summed E-state index contributed by atoms with van der Waals surface area (Å²) < 4.78 is 11.1. The van der Waals surface area contributed by atoms with Gasteiger partial charge in [-0.2, -0.15) is 0 Å². The molecule has 4 nitrogen and oxygen atoms in total. The van der Waals surface area contributed by atoms with Gasteiger partial charge in [-0.3, -0.25) is 0 Å². The van der Waals surface area contributed by atoms with Crippen LogP contribution in [0.3, 0.4) is 0 Å². The van der Waals surface area contributed by atoms with Crippen LogP contribution in [0.2, 0.25) is 0 Å². The smallest absolute Gasteiger partial charge is 0.0639 e. The maximum atomic E-state index is 5.56. The third-order valence-electron chi connectivity index (χ3n) is 3.65. The fourth-order valence-electron chi connectivity index (χ4n) is 2.19. The van der Waals surface area contributed by atoms with Gasteiger partial charge in [0.05, 0.1) is 13.2 Å². The van der Waals surface area contributed by atoms with E-state index in [0.717, 1.165) is 58.0 Å². The van der Waals surface area contributed by atoms with Crippen molar-refractivity contribution in [2.45, 2.75) is 46.5 Å². The maximum Gasteiger partial charge on any atom is 0.0639 e. The van der Waals surface area contributed by atoms with Gasteiger partial charge in [0.25, 0.3) is 0 Å². The Bertz CT molecular complexity index is 410. The van der Waals surface area contributed by atoms with E-state index in [0.29, 0.717) is 0 Å². The van der Waals surface area contributed by atoms with Crippen LogP contribution in [-0.2, 0) is 9.47 Å². The molecule has 0 heterocycles. The van der Waals surface area contributed by atoms with Gasteiger partial charge in [0.2, 0.25) is 0 Å². The van der Waals surface area contributed by atoms with Crippen LogP contribution in [0, 0.1) is 6.92 Å². The van der Waals surface area contributed by atoms with Crippen molar-refractivity contribution >= 4 is 11.4 Å². The molecule has 0 aliphatic carbocycles. The van der Waals surface area contributed by atoms with Crippen LogP contribution in [-0.4, -0.2) is 39.5 Å². The van der Waals surface area contributed by atoms with Crippen LogP contribution in [0.5, 0.6) is 0 Å². The molecule has 0 aliphatic rings. The van der Waals surface area contributed by atoms with Gasteiger partial charge in [0.15, 0.2) is 0 Å². The minimum atomic E-state index is 0.758. The third-order valence-corrected chi connectivity index (χ3v) is 3.65. The Balaban J connectivity index is 2.20. The third kappa shape index (κ3) is 9.47. The Morgan fingerprint density at radius 3 is 2.00 bits per heavy atom. The average Bonchev–Trinajstić information content (AvgIpc) is 2.55. The van der Waals surface area contributed by atoms with E-state index >= 15 is 0 Å². The standard InChI is InChI=1S/C19H34N2O2/c1-4-6-12-22-14-10-20-18-8-9-19(17(3)16-18)21-11-15-23-13-7-5-2/h8-9,16,20-21H,4-7,10-15H2,1-3H3. The highest BCUT2D eigenvalue weighted by atomic mass is 16.5. The minimum absolute atomic E-state index is 0.758. The number of nitrogens with one attached hydrogen (secondary N) is 2. The van der Waals surface area contributed by atoms with Gasteiger partial charge in [0, 0.05) is 37.7 Å². The molecule has 2 N–H and O–H groups in total. The van der Waals surface area contributed by atoms with Crippen molar-refractivity contribution in [3.8, 4) is 0 Å². The molecule has 23 heavy (non-hydrogen) atoms. The van der Waals surface area contributed by atoms with E-state index in [-0.39, 0.29) is 0 Å². The van der Waals surface area contributed by atoms with Crippen LogP contribution in [0.15, 0.2) is 18.2 Å². The molecule has 0 unspecified atom stereocenters. The van der Waals surface area contributed by atoms with Crippen molar-refractivity contribution in [1.29, 1.82) is 0 Å². The molecule has 1 aromatic carbocycles. The summed E-state index contributed by atoms with van der Waals surface area (Å²) >= 11 is 0. The lowest BCUT2D eigenvalue weighted by atomic mass is 10.1. The van der Waals surface area contributed by atoms with Crippen LogP contribution >= 0.6 is 0 Å². The number of aryl methyl sites for hydroxylation is 1. The number of hydrogen-bond donors (Lipinski definition) is 2. The summed E-state index contributed by atoms with van der Waals surface area (Å²) in [5, 5.41) is 6.83. The summed E-state index contributed by atoms with van der Waals surface area (Å²) in [6.07, 6.45) is 4.65. The molecule has 0 saturated heterocycles. The molecule has 0 atom stereocenters. The number of ether oxygens (including phenoxy) is 2. The molecule has 0 saturated carbocycles. The van der Waals surface area contributed by atoms with Crippen molar-refractivity contribution in [1.82, 2.24) is 0 Å². The first kappa shape index (κ1) is 19.8. The van der Waals surface area contributed by atoms with Gasteiger partial charge in [-0.05, 0) is 43.5 Å². The first-order valence-electron chi connectivity index (χ1n) is 9.01. The zero-order valence-corrected chi connectivity index (χ0v) is 15.1. The van der Waals surface area contributed by atoms with Crippen LogP contribution < -0.4 is 10.6 Å². The number of benzene rings is 1. The van der Waals surface area contributed by atoms with Gasteiger partial charge in [-0.15, -0.1) is 0 Å². The van der Waals surface area contributed by atoms with E-state index in [1.54, 1.807) is 0 Å². The highest BCUT2D eigenvalue weighted by Gasteiger charge is 2.00. The molecule has 1 aromatic rings. The highest BCUT2D eigenvalue weighted by molar-refractivity contribution is 5.59. The monoisotopic (exact) mass is 322 g/mol. The second kappa shape index (κ2) is 13.2. The number of anilines is 2. The lowest BCUT2D eigenvalue weighted by Crippen LogP contribution is -2.12. The topological polar surface area (TPSA) is 42.5 Å². The van der Waals surface area contributed by atoms with Gasteiger partial charge in [-0.1, -0.05) is 26.7 Å². The summed E-state index contributed by atoms with van der Waals surface area (Å²) in [4.78, 5) is 0. The largest absolute Gasteiger partial charge is 0.383 e. The van der Waals surface area contributed by atoms with E-state index in [1.165, 1.54) is 24.1 Å². The van der Waals surface area contributed by atoms with E-state index in [1.807, 2.05) is 0 Å². The normalized spacial score (nSPS) is 10.7. The maximum absolute atomic E-state index is 5.56. The number of unbranched alkanes of at least 4 members (excludes halogenated alkanes) is 2. The molecule has 0 aliphatic heterocycles. The van der Waals surface area contributed by atoms with Crippen molar-refractivity contribution in [2.24, 2.45) is 0 Å². The average molecular weight is 322 g/mol. The Kier molecular flexibility index (Phi) is 11.4. The van der Waals surface area contributed by atoms with Gasteiger partial charge in [0.1, 0.15) is 0 Å². The summed E-state index contributed by atoms with van der Waals surface area (Å²) in [6, 6.07) is 6.41. The Labute approximate surface area is 142 Å². The van der Waals surface area contributed by atoms with Crippen LogP contribution in [0.1, 0.15) is 45.1 Å². The van der Waals surface area contributed by atoms with Crippen molar-refractivity contribution < 1.29 is 9.47 Å². The molecule has 0 aromatic heterocycles. The van der Waals surface area contributed by atoms with Crippen molar-refractivity contribution in [2.75, 3.05) is 50.2 Å². The zero-order chi connectivity index (χ0) is 16.8. The molecular formula is C19H34N2O2. The molecular weight excluding hydrogens is 288 g/mol. The second-order valence-electron chi connectivity index (χ2n) is 5.82. The van der Waals surface area contributed by atoms with Crippen molar-refractivity contribution in [3.05, 3.63) is 23.8 Å². The van der Waals surface area contributed by atoms with Crippen LogP contribution in [0.25, 0.3) is 0 Å². The lowest BCUT2D eigenvalue weighted by molar-refractivity contribution is 0.141. The molecule has 4 heteroatoms. The predicted molar refractivity (Wildman–Crippen MR) is 99.6 cm³/mol. The quantitative estimate of drug-likeness (QED) is 0.497. The Morgan fingerprint density at radius 1 is 0.826 bits per heavy atom. The fourth-order valence-corrected chi connectivity index (χ4v) is 2.19. The van der Waals surface area contributed by atoms with E-state index in [4.69, 9.17) is 9.47 Å². The molecule has 0 spiro atoms.